The number of halogens is 3. The second-order valence-corrected chi connectivity index (χ2v) is 5.17. The fraction of sp³-hybridized carbons (Fsp3) is 0.900. The molecule has 0 atom stereocenters. The molecule has 0 unspecified atom stereocenters. The van der Waals surface area contributed by atoms with E-state index in [-0.39, 0.29) is 25.4 Å². The van der Waals surface area contributed by atoms with E-state index in [0.29, 0.717) is 0 Å². The summed E-state index contributed by atoms with van der Waals surface area (Å²) in [5, 5.41) is 2.53. The van der Waals surface area contributed by atoms with Gasteiger partial charge in [-0.3, -0.25) is 0 Å². The quantitative estimate of drug-likeness (QED) is 0.801. The van der Waals surface area contributed by atoms with E-state index in [2.05, 4.69) is 5.32 Å². The lowest BCUT2D eigenvalue weighted by atomic mass is 9.39. The van der Waals surface area contributed by atoms with Gasteiger partial charge in [-0.05, 0) is 33.1 Å². The fourth-order valence-electron chi connectivity index (χ4n) is 2.68. The summed E-state index contributed by atoms with van der Waals surface area (Å²) in [6.07, 6.45) is -5.03. The molecule has 1 amide bonds. The zero-order valence-electron chi connectivity index (χ0n) is 9.15. The van der Waals surface area contributed by atoms with Gasteiger partial charge < -0.3 is 10.1 Å². The molecule has 3 rings (SSSR count). The van der Waals surface area contributed by atoms with E-state index >= 15 is 0 Å². The minimum atomic E-state index is -4.14. The predicted octanol–water partition coefficient (Wildman–Crippen LogP) is 2.61. The fourth-order valence-corrected chi connectivity index (χ4v) is 2.68. The zero-order chi connectivity index (χ0) is 12.2. The maximum atomic E-state index is 12.5. The summed E-state index contributed by atoms with van der Waals surface area (Å²) in [5.74, 6) is 0. The van der Waals surface area contributed by atoms with Crippen LogP contribution in [0.1, 0.15) is 33.1 Å². The second-order valence-electron chi connectivity index (χ2n) is 5.17. The monoisotopic (exact) mass is 237 g/mol. The number of amides is 1. The highest BCUT2D eigenvalue weighted by Crippen LogP contribution is 2.73. The van der Waals surface area contributed by atoms with Gasteiger partial charge in [-0.25, -0.2) is 4.79 Å². The van der Waals surface area contributed by atoms with Crippen LogP contribution in [0, 0.1) is 5.41 Å². The smallest absolute Gasteiger partial charge is 0.407 e. The van der Waals surface area contributed by atoms with Gasteiger partial charge in [0.2, 0.25) is 0 Å². The molecule has 0 aromatic heterocycles. The highest BCUT2D eigenvalue weighted by Gasteiger charge is 2.79. The van der Waals surface area contributed by atoms with Crippen molar-refractivity contribution < 1.29 is 22.7 Å². The van der Waals surface area contributed by atoms with Gasteiger partial charge in [0, 0.05) is 5.54 Å². The topological polar surface area (TPSA) is 38.3 Å². The molecule has 3 nitrogen and oxygen atoms in total. The SMILES string of the molecule is CC(C)OC(=O)NC12CC(C(F)(F)F)(C1)C2. The molecule has 2 bridgehead atoms. The average molecular weight is 237 g/mol. The van der Waals surface area contributed by atoms with Crippen molar-refractivity contribution in [3.63, 3.8) is 0 Å². The second kappa shape index (κ2) is 3.05. The van der Waals surface area contributed by atoms with E-state index in [0.717, 1.165) is 0 Å². The largest absolute Gasteiger partial charge is 0.447 e. The average Bonchev–Trinajstić information content (AvgIpc) is 1.88. The van der Waals surface area contributed by atoms with Gasteiger partial charge in [-0.2, -0.15) is 13.2 Å². The molecule has 0 aliphatic heterocycles. The van der Waals surface area contributed by atoms with Crippen LogP contribution in [-0.2, 0) is 4.74 Å². The molecular formula is C10H14F3NO2. The Kier molecular flexibility index (Phi) is 2.20. The summed E-state index contributed by atoms with van der Waals surface area (Å²) < 4.78 is 42.3. The molecule has 0 aromatic rings. The van der Waals surface area contributed by atoms with Gasteiger partial charge in [0.05, 0.1) is 11.5 Å². The van der Waals surface area contributed by atoms with Crippen molar-refractivity contribution in [1.29, 1.82) is 0 Å². The van der Waals surface area contributed by atoms with Crippen LogP contribution in [-0.4, -0.2) is 23.9 Å². The lowest BCUT2D eigenvalue weighted by molar-refractivity contribution is -0.337. The van der Waals surface area contributed by atoms with Crippen LogP contribution in [0.4, 0.5) is 18.0 Å². The lowest BCUT2D eigenvalue weighted by Gasteiger charge is -2.70. The molecule has 3 saturated carbocycles. The van der Waals surface area contributed by atoms with E-state index in [4.69, 9.17) is 4.74 Å². The summed E-state index contributed by atoms with van der Waals surface area (Å²) in [4.78, 5) is 11.2. The van der Waals surface area contributed by atoms with Gasteiger partial charge in [0.25, 0.3) is 0 Å². The van der Waals surface area contributed by atoms with Crippen molar-refractivity contribution in [3.05, 3.63) is 0 Å². The van der Waals surface area contributed by atoms with E-state index in [1.807, 2.05) is 0 Å². The molecule has 92 valence electrons. The van der Waals surface area contributed by atoms with E-state index < -0.39 is 23.2 Å². The Labute approximate surface area is 91.3 Å². The summed E-state index contributed by atoms with van der Waals surface area (Å²) in [7, 11) is 0. The van der Waals surface area contributed by atoms with Gasteiger partial charge in [0.1, 0.15) is 0 Å². The van der Waals surface area contributed by atoms with Crippen LogP contribution in [0.2, 0.25) is 0 Å². The Morgan fingerprint density at radius 1 is 1.31 bits per heavy atom. The Balaban J connectivity index is 1.84. The summed E-state index contributed by atoms with van der Waals surface area (Å²) in [6.45, 7) is 3.39. The van der Waals surface area contributed by atoms with Gasteiger partial charge in [-0.15, -0.1) is 0 Å². The van der Waals surface area contributed by atoms with E-state index in [1.54, 1.807) is 13.8 Å². The van der Waals surface area contributed by atoms with Crippen LogP contribution in [0.5, 0.6) is 0 Å². The van der Waals surface area contributed by atoms with Gasteiger partial charge >= 0.3 is 12.3 Å². The van der Waals surface area contributed by atoms with Gasteiger partial charge in [0.15, 0.2) is 0 Å². The van der Waals surface area contributed by atoms with Crippen LogP contribution >= 0.6 is 0 Å². The molecule has 0 spiro atoms. The molecule has 16 heavy (non-hydrogen) atoms. The number of carbonyl (C=O) groups excluding carboxylic acids is 1. The highest BCUT2D eigenvalue weighted by molar-refractivity contribution is 5.69. The number of alkyl halides is 3. The first-order chi connectivity index (χ1) is 7.18. The summed E-state index contributed by atoms with van der Waals surface area (Å²) >= 11 is 0. The van der Waals surface area contributed by atoms with Crippen LogP contribution in [0.15, 0.2) is 0 Å². The number of hydrogen-bond acceptors (Lipinski definition) is 2. The molecule has 0 radical (unpaired) electrons. The molecule has 0 aromatic carbocycles. The molecule has 3 aliphatic rings. The number of rotatable bonds is 2. The first kappa shape index (κ1) is 11.5. The molecule has 0 saturated heterocycles. The highest BCUT2D eigenvalue weighted by atomic mass is 19.4. The third kappa shape index (κ3) is 1.55. The minimum absolute atomic E-state index is 0.00328. The third-order valence-corrected chi connectivity index (χ3v) is 3.34. The van der Waals surface area contributed by atoms with Crippen LogP contribution < -0.4 is 5.32 Å². The Morgan fingerprint density at radius 3 is 2.19 bits per heavy atom. The van der Waals surface area contributed by atoms with Crippen molar-refractivity contribution in [2.24, 2.45) is 5.41 Å². The standard InChI is InChI=1S/C10H14F3NO2/c1-6(2)16-7(15)14-9-3-8(4-9,5-9)10(11,12)13/h6H,3-5H2,1-2H3,(H,14,15). The molecule has 0 heterocycles. The van der Waals surface area contributed by atoms with Crippen LogP contribution in [0.25, 0.3) is 0 Å². The first-order valence-electron chi connectivity index (χ1n) is 5.24. The molecule has 6 heteroatoms. The Hall–Kier alpha value is -0.940. The van der Waals surface area contributed by atoms with Crippen molar-refractivity contribution in [1.82, 2.24) is 5.32 Å². The minimum Gasteiger partial charge on any atom is -0.447 e. The molecule has 1 N–H and O–H groups in total. The van der Waals surface area contributed by atoms with E-state index in [1.165, 1.54) is 0 Å². The number of ether oxygens (including phenoxy) is 1. The maximum absolute atomic E-state index is 12.5. The zero-order valence-corrected chi connectivity index (χ0v) is 9.15. The molecule has 3 aliphatic carbocycles. The van der Waals surface area contributed by atoms with Crippen molar-refractivity contribution in [2.75, 3.05) is 0 Å². The first-order valence-corrected chi connectivity index (χ1v) is 5.24. The summed E-state index contributed by atoms with van der Waals surface area (Å²) in [5.41, 5.74) is -2.18. The number of hydrogen-bond donors (Lipinski definition) is 1. The van der Waals surface area contributed by atoms with Crippen LogP contribution in [0.3, 0.4) is 0 Å². The lowest BCUT2D eigenvalue weighted by Crippen LogP contribution is -2.78. The van der Waals surface area contributed by atoms with E-state index in [9.17, 15) is 18.0 Å². The Bertz CT molecular complexity index is 305. The number of alkyl carbamates (subject to hydrolysis) is 1. The predicted molar refractivity (Wildman–Crippen MR) is 49.8 cm³/mol. The van der Waals surface area contributed by atoms with Gasteiger partial charge in [-0.1, -0.05) is 0 Å². The maximum Gasteiger partial charge on any atom is 0.407 e. The molecule has 3 fully saturated rings. The number of carbonyl (C=O) groups is 1. The van der Waals surface area contributed by atoms with Crippen molar-refractivity contribution >= 4 is 6.09 Å². The molecular weight excluding hydrogens is 223 g/mol. The third-order valence-electron chi connectivity index (χ3n) is 3.34. The summed E-state index contributed by atoms with van der Waals surface area (Å²) in [6, 6.07) is 0. The van der Waals surface area contributed by atoms with Crippen molar-refractivity contribution in [2.45, 2.75) is 50.9 Å². The Morgan fingerprint density at radius 2 is 1.81 bits per heavy atom. The normalized spacial score (nSPS) is 36.4. The van der Waals surface area contributed by atoms with Crippen molar-refractivity contribution in [3.8, 4) is 0 Å². The number of nitrogens with one attached hydrogen (secondary N) is 1.